The van der Waals surface area contributed by atoms with Gasteiger partial charge in [0, 0.05) is 35.3 Å². The summed E-state index contributed by atoms with van der Waals surface area (Å²) in [5, 5.41) is 12.7. The van der Waals surface area contributed by atoms with Gasteiger partial charge in [-0.25, -0.2) is 9.97 Å². The number of Topliss-reactive ketones (excluding diaryl/α,β-unsaturated/α-hetero) is 1. The molecule has 6 rings (SSSR count). The van der Waals surface area contributed by atoms with Gasteiger partial charge >= 0.3 is 0 Å². The van der Waals surface area contributed by atoms with Crippen LogP contribution in [0.3, 0.4) is 0 Å². The van der Waals surface area contributed by atoms with Crippen LogP contribution in [0.5, 0.6) is 0 Å². The van der Waals surface area contributed by atoms with E-state index < -0.39 is 5.92 Å². The van der Waals surface area contributed by atoms with Gasteiger partial charge in [0.1, 0.15) is 5.82 Å². The number of fused-ring (bicyclic) bond motifs is 1. The molecular formula is C29H25ClN6OS. The van der Waals surface area contributed by atoms with E-state index in [-0.39, 0.29) is 22.2 Å². The van der Waals surface area contributed by atoms with Crippen LogP contribution in [-0.2, 0) is 11.3 Å². The average Bonchev–Trinajstić information content (AvgIpc) is 3.51. The molecule has 1 aromatic carbocycles. The zero-order chi connectivity index (χ0) is 26.6. The number of imidazole rings is 1. The summed E-state index contributed by atoms with van der Waals surface area (Å²) in [6.07, 6.45) is 4.46. The Hall–Kier alpha value is -3.93. The second-order valence-corrected chi connectivity index (χ2v) is 11.8. The Kier molecular flexibility index (Phi) is 5.86. The number of carbonyl (C=O) groups excluding carboxylic acids is 1. The Morgan fingerprint density at radius 2 is 2.03 bits per heavy atom. The van der Waals surface area contributed by atoms with Crippen LogP contribution in [0.25, 0.3) is 11.0 Å². The maximum absolute atomic E-state index is 13.8. The summed E-state index contributed by atoms with van der Waals surface area (Å²) in [5.41, 5.74) is 11.9. The molecule has 7 nitrogen and oxygen atoms in total. The van der Waals surface area contributed by atoms with Gasteiger partial charge in [0.15, 0.2) is 10.9 Å². The van der Waals surface area contributed by atoms with Gasteiger partial charge in [-0.15, -0.1) is 11.3 Å². The van der Waals surface area contributed by atoms with E-state index in [1.54, 1.807) is 28.5 Å². The van der Waals surface area contributed by atoms with Crippen molar-refractivity contribution in [3.8, 4) is 6.07 Å². The summed E-state index contributed by atoms with van der Waals surface area (Å²) in [5.74, 6) is -0.210. The number of nitrogens with two attached hydrogens (primary N) is 1. The van der Waals surface area contributed by atoms with Crippen LogP contribution in [-0.4, -0.2) is 20.3 Å². The SMILES string of the molecule is CC1(C)CC(=O)C2=C(C1)N(c1cccnc1Cl)C(N)=C(C#N)C2c1cc(Cn2cnc3ccccc32)cs1. The van der Waals surface area contributed by atoms with Crippen molar-refractivity contribution in [2.45, 2.75) is 39.2 Å². The summed E-state index contributed by atoms with van der Waals surface area (Å²) >= 11 is 8.04. The Bertz CT molecular complexity index is 1700. The first kappa shape index (κ1) is 24.4. The van der Waals surface area contributed by atoms with E-state index in [0.29, 0.717) is 36.2 Å². The van der Waals surface area contributed by atoms with Gasteiger partial charge in [0.25, 0.3) is 0 Å². The lowest BCUT2D eigenvalue weighted by atomic mass is 9.69. The fraction of sp³-hybridized carbons (Fsp3) is 0.241. The van der Waals surface area contributed by atoms with Gasteiger partial charge < -0.3 is 10.3 Å². The van der Waals surface area contributed by atoms with Crippen LogP contribution in [0.2, 0.25) is 5.15 Å². The van der Waals surface area contributed by atoms with Crippen molar-refractivity contribution in [3.63, 3.8) is 0 Å². The van der Waals surface area contributed by atoms with Gasteiger partial charge in [-0.05, 0) is 53.1 Å². The normalized spacial score (nSPS) is 19.2. The summed E-state index contributed by atoms with van der Waals surface area (Å²) in [6.45, 7) is 4.78. The fourth-order valence-corrected chi connectivity index (χ4v) is 6.80. The van der Waals surface area contributed by atoms with Crippen LogP contribution in [0.4, 0.5) is 5.69 Å². The number of hydrogen-bond acceptors (Lipinski definition) is 7. The molecule has 1 aliphatic heterocycles. The van der Waals surface area contributed by atoms with Crippen LogP contribution >= 0.6 is 22.9 Å². The number of hydrogen-bond donors (Lipinski definition) is 1. The highest BCUT2D eigenvalue weighted by Gasteiger charge is 2.45. The second kappa shape index (κ2) is 9.12. The average molecular weight is 541 g/mol. The number of allylic oxidation sites excluding steroid dienone is 3. The maximum atomic E-state index is 13.8. The van der Waals surface area contributed by atoms with E-state index in [2.05, 4.69) is 45.9 Å². The standard InChI is InChI=1S/C29H25ClN6OS/c1-29(2)11-22-26(23(37)12-29)25(18(13-31)28(32)36(22)21-8-5-9-33-27(21)30)24-10-17(15-38-24)14-35-16-34-19-6-3-4-7-20(19)35/h3-10,15-16,25H,11-12,14,32H2,1-2H3. The first-order chi connectivity index (χ1) is 18.3. The van der Waals surface area contributed by atoms with Crippen molar-refractivity contribution in [1.82, 2.24) is 14.5 Å². The number of rotatable bonds is 4. The fourth-order valence-electron chi connectivity index (χ4n) is 5.57. The first-order valence-electron chi connectivity index (χ1n) is 12.3. The molecule has 38 heavy (non-hydrogen) atoms. The number of halogens is 1. The number of nitrogens with zero attached hydrogens (tertiary/aromatic N) is 5. The minimum atomic E-state index is -0.524. The van der Waals surface area contributed by atoms with Gasteiger partial charge in [0.05, 0.1) is 40.6 Å². The van der Waals surface area contributed by atoms with Crippen molar-refractivity contribution < 1.29 is 4.79 Å². The third kappa shape index (κ3) is 3.99. The molecule has 1 atom stereocenters. The first-order valence-corrected chi connectivity index (χ1v) is 13.6. The smallest absolute Gasteiger partial charge is 0.162 e. The number of thiophene rings is 1. The lowest BCUT2D eigenvalue weighted by molar-refractivity contribution is -0.118. The van der Waals surface area contributed by atoms with Crippen molar-refractivity contribution in [3.05, 3.63) is 98.6 Å². The Balaban J connectivity index is 1.47. The summed E-state index contributed by atoms with van der Waals surface area (Å²) < 4.78 is 2.10. The van der Waals surface area contributed by atoms with Crippen LogP contribution in [0.15, 0.2) is 83.0 Å². The van der Waals surface area contributed by atoms with E-state index in [0.717, 1.165) is 27.2 Å². The highest BCUT2D eigenvalue weighted by atomic mass is 35.5. The van der Waals surface area contributed by atoms with Crippen molar-refractivity contribution in [1.29, 1.82) is 5.26 Å². The molecule has 2 N–H and O–H groups in total. The topological polar surface area (TPSA) is 101 Å². The quantitative estimate of drug-likeness (QED) is 0.312. The van der Waals surface area contributed by atoms with Gasteiger partial charge in [-0.1, -0.05) is 37.6 Å². The second-order valence-electron chi connectivity index (χ2n) is 10.5. The van der Waals surface area contributed by atoms with E-state index in [9.17, 15) is 10.1 Å². The molecule has 190 valence electrons. The Morgan fingerprint density at radius 1 is 1.21 bits per heavy atom. The molecule has 0 amide bonds. The minimum Gasteiger partial charge on any atom is -0.384 e. The summed E-state index contributed by atoms with van der Waals surface area (Å²) in [4.78, 5) is 25.2. The Morgan fingerprint density at radius 3 is 2.82 bits per heavy atom. The van der Waals surface area contributed by atoms with Crippen LogP contribution < -0.4 is 10.6 Å². The number of para-hydroxylation sites is 2. The van der Waals surface area contributed by atoms with Crippen LogP contribution in [0.1, 0.15) is 43.0 Å². The van der Waals surface area contributed by atoms with E-state index in [1.165, 1.54) is 0 Å². The molecule has 0 radical (unpaired) electrons. The van der Waals surface area contributed by atoms with E-state index in [4.69, 9.17) is 17.3 Å². The zero-order valence-electron chi connectivity index (χ0n) is 21.0. The highest BCUT2D eigenvalue weighted by molar-refractivity contribution is 7.10. The van der Waals surface area contributed by atoms with Crippen molar-refractivity contribution in [2.75, 3.05) is 4.90 Å². The number of benzene rings is 1. The predicted octanol–water partition coefficient (Wildman–Crippen LogP) is 6.14. The summed E-state index contributed by atoms with van der Waals surface area (Å²) in [6, 6.07) is 16.0. The summed E-state index contributed by atoms with van der Waals surface area (Å²) in [7, 11) is 0. The van der Waals surface area contributed by atoms with Gasteiger partial charge in [-0.3, -0.25) is 9.69 Å². The molecule has 0 fully saturated rings. The van der Waals surface area contributed by atoms with E-state index in [1.807, 2.05) is 36.7 Å². The molecule has 1 aliphatic carbocycles. The number of ketones is 1. The van der Waals surface area contributed by atoms with E-state index >= 15 is 0 Å². The number of nitriles is 1. The molecule has 1 unspecified atom stereocenters. The molecular weight excluding hydrogens is 516 g/mol. The number of carbonyl (C=O) groups is 1. The van der Waals surface area contributed by atoms with Crippen LogP contribution in [0, 0.1) is 16.7 Å². The maximum Gasteiger partial charge on any atom is 0.162 e. The molecule has 4 heterocycles. The molecule has 3 aromatic heterocycles. The lowest BCUT2D eigenvalue weighted by Gasteiger charge is -2.43. The molecule has 0 saturated heterocycles. The molecule has 0 bridgehead atoms. The predicted molar refractivity (Wildman–Crippen MR) is 149 cm³/mol. The molecule has 0 saturated carbocycles. The minimum absolute atomic E-state index is 0.0297. The Labute approximate surface area is 229 Å². The highest BCUT2D eigenvalue weighted by Crippen LogP contribution is 2.51. The lowest BCUT2D eigenvalue weighted by Crippen LogP contribution is -2.42. The number of pyridine rings is 1. The van der Waals surface area contributed by atoms with Crippen molar-refractivity contribution >= 4 is 45.4 Å². The third-order valence-corrected chi connectivity index (χ3v) is 8.54. The van der Waals surface area contributed by atoms with Crippen molar-refractivity contribution in [2.24, 2.45) is 11.1 Å². The monoisotopic (exact) mass is 540 g/mol. The zero-order valence-corrected chi connectivity index (χ0v) is 22.6. The van der Waals surface area contributed by atoms with Gasteiger partial charge in [0.2, 0.25) is 0 Å². The molecule has 0 spiro atoms. The molecule has 9 heteroatoms. The largest absolute Gasteiger partial charge is 0.384 e. The number of anilines is 1. The number of aromatic nitrogens is 3. The van der Waals surface area contributed by atoms with Gasteiger partial charge in [-0.2, -0.15) is 5.26 Å². The molecule has 4 aromatic rings. The third-order valence-electron chi connectivity index (χ3n) is 7.20. The molecule has 2 aliphatic rings.